The van der Waals surface area contributed by atoms with Gasteiger partial charge in [-0.3, -0.25) is 9.98 Å². The van der Waals surface area contributed by atoms with Crippen molar-refractivity contribution in [1.82, 2.24) is 4.98 Å². The van der Waals surface area contributed by atoms with Crippen LogP contribution in [0.4, 0.5) is 0 Å². The summed E-state index contributed by atoms with van der Waals surface area (Å²) >= 11 is 0. The summed E-state index contributed by atoms with van der Waals surface area (Å²) < 4.78 is 11.1. The van der Waals surface area contributed by atoms with Crippen LogP contribution in [0.2, 0.25) is 0 Å². The Balaban J connectivity index is 2.23. The minimum atomic E-state index is 0.0786. The largest absolute Gasteiger partial charge is 0.377 e. The Hall–Kier alpha value is -1.59. The zero-order valence-electron chi connectivity index (χ0n) is 13.0. The van der Waals surface area contributed by atoms with Gasteiger partial charge in [0.05, 0.1) is 61.8 Å². The smallest absolute Gasteiger partial charge is 0.0845 e. The maximum atomic E-state index is 5.65. The summed E-state index contributed by atoms with van der Waals surface area (Å²) in [5.74, 6) is 0. The molecule has 0 saturated carbocycles. The van der Waals surface area contributed by atoms with E-state index in [2.05, 4.69) is 15.0 Å². The van der Waals surface area contributed by atoms with Crippen molar-refractivity contribution >= 4 is 11.4 Å². The molecule has 2 bridgehead atoms. The van der Waals surface area contributed by atoms with E-state index in [4.69, 9.17) is 9.47 Å². The first-order valence-corrected chi connectivity index (χ1v) is 7.36. The zero-order valence-corrected chi connectivity index (χ0v) is 13.0. The third kappa shape index (κ3) is 5.02. The van der Waals surface area contributed by atoms with E-state index in [-0.39, 0.29) is 6.10 Å². The maximum Gasteiger partial charge on any atom is 0.0845 e. The third-order valence-electron chi connectivity index (χ3n) is 3.29. The van der Waals surface area contributed by atoms with Crippen molar-refractivity contribution in [2.75, 3.05) is 32.9 Å². The third-order valence-corrected chi connectivity index (χ3v) is 3.29. The number of fused-ring (bicyclic) bond motifs is 2. The molecule has 0 saturated heterocycles. The van der Waals surface area contributed by atoms with Crippen molar-refractivity contribution < 1.29 is 9.47 Å². The van der Waals surface area contributed by atoms with E-state index in [1.807, 2.05) is 39.0 Å². The molecule has 1 atom stereocenters. The van der Waals surface area contributed by atoms with E-state index >= 15 is 0 Å². The van der Waals surface area contributed by atoms with E-state index in [0.29, 0.717) is 32.9 Å². The van der Waals surface area contributed by atoms with Crippen molar-refractivity contribution in [1.29, 1.82) is 0 Å². The first-order chi connectivity index (χ1) is 10.2. The number of pyridine rings is 1. The fraction of sp³-hybridized carbons (Fsp3) is 0.562. The van der Waals surface area contributed by atoms with Gasteiger partial charge in [-0.1, -0.05) is 6.07 Å². The summed E-state index contributed by atoms with van der Waals surface area (Å²) in [4.78, 5) is 13.7. The number of hydrogen-bond donors (Lipinski definition) is 0. The van der Waals surface area contributed by atoms with E-state index in [1.165, 1.54) is 0 Å². The van der Waals surface area contributed by atoms with Gasteiger partial charge < -0.3 is 9.47 Å². The number of hydrogen-bond acceptors (Lipinski definition) is 5. The average Bonchev–Trinajstić information content (AvgIpc) is 2.51. The lowest BCUT2D eigenvalue weighted by Crippen LogP contribution is -2.17. The molecule has 114 valence electrons. The molecule has 5 heteroatoms. The molecule has 21 heavy (non-hydrogen) atoms. The second-order valence-electron chi connectivity index (χ2n) is 5.10. The number of rotatable bonds is 0. The fourth-order valence-electron chi connectivity index (χ4n) is 2.01. The lowest BCUT2D eigenvalue weighted by atomic mass is 10.2. The summed E-state index contributed by atoms with van der Waals surface area (Å²) in [5, 5.41) is 0. The van der Waals surface area contributed by atoms with Crippen LogP contribution >= 0.6 is 0 Å². The van der Waals surface area contributed by atoms with Crippen LogP contribution in [-0.4, -0.2) is 55.4 Å². The van der Waals surface area contributed by atoms with Crippen LogP contribution in [-0.2, 0) is 9.47 Å². The normalized spacial score (nSPS) is 21.8. The van der Waals surface area contributed by atoms with E-state index in [0.717, 1.165) is 22.8 Å². The molecule has 2 heterocycles. The van der Waals surface area contributed by atoms with Gasteiger partial charge in [0.25, 0.3) is 0 Å². The highest BCUT2D eigenvalue weighted by Gasteiger charge is 2.06. The Bertz CT molecular complexity index is 526. The van der Waals surface area contributed by atoms with Gasteiger partial charge in [-0.25, -0.2) is 4.98 Å². The summed E-state index contributed by atoms with van der Waals surface area (Å²) in [6, 6.07) is 5.94. The van der Waals surface area contributed by atoms with Crippen LogP contribution in [0.3, 0.4) is 0 Å². The minimum Gasteiger partial charge on any atom is -0.377 e. The Labute approximate surface area is 126 Å². The van der Waals surface area contributed by atoms with Crippen LogP contribution in [0.15, 0.2) is 28.2 Å². The quantitative estimate of drug-likeness (QED) is 0.735. The summed E-state index contributed by atoms with van der Waals surface area (Å²) in [6.07, 6.45) is 0.0786. The lowest BCUT2D eigenvalue weighted by Gasteiger charge is -2.11. The molecule has 1 aromatic rings. The second-order valence-corrected chi connectivity index (χ2v) is 5.10. The summed E-state index contributed by atoms with van der Waals surface area (Å²) in [5.41, 5.74) is 3.63. The van der Waals surface area contributed by atoms with Crippen LogP contribution in [0.25, 0.3) is 0 Å². The molecule has 5 nitrogen and oxygen atoms in total. The summed E-state index contributed by atoms with van der Waals surface area (Å²) in [7, 11) is 0. The van der Waals surface area contributed by atoms with Crippen molar-refractivity contribution in [2.45, 2.75) is 26.9 Å². The van der Waals surface area contributed by atoms with E-state index in [9.17, 15) is 0 Å². The van der Waals surface area contributed by atoms with Crippen LogP contribution in [0.1, 0.15) is 32.2 Å². The van der Waals surface area contributed by atoms with Crippen molar-refractivity contribution in [3.8, 4) is 0 Å². The van der Waals surface area contributed by atoms with Crippen molar-refractivity contribution in [3.63, 3.8) is 0 Å². The average molecular weight is 289 g/mol. The van der Waals surface area contributed by atoms with Crippen molar-refractivity contribution in [3.05, 3.63) is 29.6 Å². The van der Waals surface area contributed by atoms with Gasteiger partial charge in [0.1, 0.15) is 0 Å². The van der Waals surface area contributed by atoms with Gasteiger partial charge >= 0.3 is 0 Å². The molecule has 2 rings (SSSR count). The molecule has 0 aliphatic carbocycles. The monoisotopic (exact) mass is 289 g/mol. The van der Waals surface area contributed by atoms with Crippen LogP contribution < -0.4 is 0 Å². The molecule has 0 radical (unpaired) electrons. The lowest BCUT2D eigenvalue weighted by molar-refractivity contribution is 0.0182. The van der Waals surface area contributed by atoms with E-state index < -0.39 is 0 Å². The van der Waals surface area contributed by atoms with Gasteiger partial charge in [0.2, 0.25) is 0 Å². The molecule has 1 aromatic heterocycles. The highest BCUT2D eigenvalue weighted by Crippen LogP contribution is 2.05. The Morgan fingerprint density at radius 2 is 1.71 bits per heavy atom. The topological polar surface area (TPSA) is 56.1 Å². The Kier molecular flexibility index (Phi) is 6.02. The molecule has 0 N–H and O–H groups in total. The van der Waals surface area contributed by atoms with Gasteiger partial charge in [-0.05, 0) is 32.9 Å². The standard InChI is InChI=1S/C16H23N3O2/c1-12-11-18-14(3)16-6-4-5-15(19-16)13(2)17-7-8-20-9-10-21-12/h4-6,12H,7-11H2,1-3H3. The predicted octanol–water partition coefficient (Wildman–Crippen LogP) is 2.13. The molecule has 0 aromatic carbocycles. The Morgan fingerprint density at radius 1 is 1.00 bits per heavy atom. The first-order valence-electron chi connectivity index (χ1n) is 7.36. The molecule has 1 unspecified atom stereocenters. The zero-order chi connectivity index (χ0) is 15.1. The number of ether oxygens (including phenoxy) is 2. The molecule has 0 spiro atoms. The van der Waals surface area contributed by atoms with E-state index in [1.54, 1.807) is 0 Å². The molecule has 0 fully saturated rings. The van der Waals surface area contributed by atoms with Crippen LogP contribution in [0, 0.1) is 0 Å². The number of nitrogens with zero attached hydrogens (tertiary/aromatic N) is 3. The van der Waals surface area contributed by atoms with Crippen molar-refractivity contribution in [2.24, 2.45) is 9.98 Å². The highest BCUT2D eigenvalue weighted by molar-refractivity contribution is 6.00. The summed E-state index contributed by atoms with van der Waals surface area (Å²) in [6.45, 7) is 9.02. The molecular formula is C16H23N3O2. The van der Waals surface area contributed by atoms with Gasteiger partial charge in [-0.15, -0.1) is 0 Å². The predicted molar refractivity (Wildman–Crippen MR) is 84.6 cm³/mol. The first kappa shape index (κ1) is 15.8. The number of aliphatic imine (C=N–C) groups is 2. The minimum absolute atomic E-state index is 0.0786. The van der Waals surface area contributed by atoms with Gasteiger partial charge in [0.15, 0.2) is 0 Å². The molecular weight excluding hydrogens is 266 g/mol. The Morgan fingerprint density at radius 3 is 2.48 bits per heavy atom. The second kappa shape index (κ2) is 8.00. The fourth-order valence-corrected chi connectivity index (χ4v) is 2.01. The number of aromatic nitrogens is 1. The van der Waals surface area contributed by atoms with Gasteiger partial charge in [-0.2, -0.15) is 0 Å². The molecule has 1 aliphatic rings. The van der Waals surface area contributed by atoms with Gasteiger partial charge in [0, 0.05) is 0 Å². The maximum absolute atomic E-state index is 5.65. The molecule has 0 amide bonds. The SMILES string of the molecule is CC1=NCCOCCOC(C)CN=C(C)c2cccc1n2. The molecule has 1 aliphatic heterocycles. The van der Waals surface area contributed by atoms with Crippen LogP contribution in [0.5, 0.6) is 0 Å². The highest BCUT2D eigenvalue weighted by atomic mass is 16.5.